The van der Waals surface area contributed by atoms with Gasteiger partial charge >= 0.3 is 0 Å². The zero-order valence-electron chi connectivity index (χ0n) is 28.2. The van der Waals surface area contributed by atoms with Crippen LogP contribution in [0.1, 0.15) is 72.9 Å². The number of benzene rings is 1. The van der Waals surface area contributed by atoms with Crippen molar-refractivity contribution in [2.45, 2.75) is 72.4 Å². The molecule has 2 saturated heterocycles. The van der Waals surface area contributed by atoms with Crippen LogP contribution in [0.4, 0.5) is 5.69 Å². The second kappa shape index (κ2) is 13.6. The van der Waals surface area contributed by atoms with E-state index in [0.717, 1.165) is 60.1 Å². The van der Waals surface area contributed by atoms with E-state index in [9.17, 15) is 14.4 Å². The molecule has 10 heteroatoms. The number of morpholine rings is 1. The van der Waals surface area contributed by atoms with Gasteiger partial charge in [-0.2, -0.15) is 0 Å². The number of pyridine rings is 1. The molecular formula is C36H47N5O4S. The standard InChI is InChI=1S/C36H47N5O4S/c1-8-40-13-14-41(36(6,7)34(40)44)33(43)32-26(19-30(46-32)35(3,4)5)20-31(42)38-27-11-9-24(2)29(21-27)25-10-12-28(37-22-25)23-39-15-17-45-18-16-39/h9-12,19,21-22H,8,13-18,20,23H2,1-7H3,(H,38,42). The molecule has 46 heavy (non-hydrogen) atoms. The Morgan fingerprint density at radius 1 is 1.04 bits per heavy atom. The van der Waals surface area contributed by atoms with E-state index in [0.29, 0.717) is 35.8 Å². The highest BCUT2D eigenvalue weighted by atomic mass is 32.1. The number of carbonyl (C=O) groups excluding carboxylic acids is 3. The summed E-state index contributed by atoms with van der Waals surface area (Å²) in [5.41, 5.74) is 4.30. The lowest BCUT2D eigenvalue weighted by Gasteiger charge is -2.45. The lowest BCUT2D eigenvalue weighted by molar-refractivity contribution is -0.146. The fourth-order valence-electron chi connectivity index (χ4n) is 6.05. The Kier molecular flexibility index (Phi) is 10.0. The molecule has 5 rings (SSSR count). The Morgan fingerprint density at radius 2 is 1.78 bits per heavy atom. The number of thiophene rings is 1. The van der Waals surface area contributed by atoms with E-state index < -0.39 is 5.54 Å². The Morgan fingerprint density at radius 3 is 2.43 bits per heavy atom. The molecule has 2 aliphatic rings. The molecule has 4 heterocycles. The topological polar surface area (TPSA) is 95.1 Å². The lowest BCUT2D eigenvalue weighted by atomic mass is 9.93. The summed E-state index contributed by atoms with van der Waals surface area (Å²) in [5, 5.41) is 3.06. The van der Waals surface area contributed by atoms with Crippen LogP contribution in [-0.4, -0.2) is 88.9 Å². The third-order valence-electron chi connectivity index (χ3n) is 8.95. The molecule has 0 unspecified atom stereocenters. The maximum atomic E-state index is 14.1. The largest absolute Gasteiger partial charge is 0.379 e. The lowest BCUT2D eigenvalue weighted by Crippen LogP contribution is -2.64. The van der Waals surface area contributed by atoms with Crippen molar-refractivity contribution in [3.8, 4) is 11.1 Å². The summed E-state index contributed by atoms with van der Waals surface area (Å²) in [4.78, 5) is 52.8. The van der Waals surface area contributed by atoms with Crippen molar-refractivity contribution >= 4 is 34.7 Å². The minimum atomic E-state index is -0.968. The molecule has 0 spiro atoms. The predicted molar refractivity (Wildman–Crippen MR) is 183 cm³/mol. The number of amides is 3. The van der Waals surface area contributed by atoms with E-state index in [4.69, 9.17) is 9.72 Å². The fraction of sp³-hybridized carbons (Fsp3) is 0.500. The molecule has 3 aromatic rings. The quantitative estimate of drug-likeness (QED) is 0.347. The number of nitrogens with one attached hydrogen (secondary N) is 1. The smallest absolute Gasteiger partial charge is 0.265 e. The summed E-state index contributed by atoms with van der Waals surface area (Å²) in [5.74, 6) is -0.453. The molecule has 0 atom stereocenters. The van der Waals surface area contributed by atoms with Gasteiger partial charge in [0.25, 0.3) is 5.91 Å². The number of aromatic nitrogens is 1. The van der Waals surface area contributed by atoms with Crippen LogP contribution in [0.2, 0.25) is 0 Å². The monoisotopic (exact) mass is 645 g/mol. The first-order valence-corrected chi connectivity index (χ1v) is 17.0. The number of carbonyl (C=O) groups is 3. The van der Waals surface area contributed by atoms with Gasteiger partial charge in [-0.1, -0.05) is 32.9 Å². The second-order valence-electron chi connectivity index (χ2n) is 13.8. The average Bonchev–Trinajstić information content (AvgIpc) is 3.44. The molecule has 2 aromatic heterocycles. The maximum absolute atomic E-state index is 14.1. The van der Waals surface area contributed by atoms with Crippen molar-refractivity contribution in [2.24, 2.45) is 0 Å². The summed E-state index contributed by atoms with van der Waals surface area (Å²) in [7, 11) is 0. The van der Waals surface area contributed by atoms with E-state index >= 15 is 0 Å². The van der Waals surface area contributed by atoms with E-state index in [1.54, 1.807) is 9.80 Å². The normalized spacial score (nSPS) is 17.3. The first-order chi connectivity index (χ1) is 21.8. The first-order valence-electron chi connectivity index (χ1n) is 16.2. The van der Waals surface area contributed by atoms with Gasteiger partial charge in [-0.3, -0.25) is 24.3 Å². The zero-order chi connectivity index (χ0) is 33.2. The highest BCUT2D eigenvalue weighted by Gasteiger charge is 2.44. The Balaban J connectivity index is 1.33. The molecule has 3 amide bonds. The summed E-state index contributed by atoms with van der Waals surface area (Å²) in [6.45, 7) is 19.6. The Labute approximate surface area is 276 Å². The van der Waals surface area contributed by atoms with Crippen LogP contribution in [0, 0.1) is 6.92 Å². The highest BCUT2D eigenvalue weighted by molar-refractivity contribution is 7.14. The molecule has 2 aliphatic heterocycles. The van der Waals surface area contributed by atoms with Gasteiger partial charge in [-0.15, -0.1) is 11.3 Å². The third-order valence-corrected chi connectivity index (χ3v) is 10.5. The molecule has 9 nitrogen and oxygen atoms in total. The van der Waals surface area contributed by atoms with Gasteiger partial charge < -0.3 is 19.9 Å². The van der Waals surface area contributed by atoms with Crippen LogP contribution in [0.5, 0.6) is 0 Å². The van der Waals surface area contributed by atoms with Crippen molar-refractivity contribution in [3.63, 3.8) is 0 Å². The van der Waals surface area contributed by atoms with Gasteiger partial charge in [-0.25, -0.2) is 0 Å². The van der Waals surface area contributed by atoms with Gasteiger partial charge in [-0.05, 0) is 74.1 Å². The number of nitrogens with zero attached hydrogens (tertiary/aromatic N) is 4. The minimum Gasteiger partial charge on any atom is -0.379 e. The van der Waals surface area contributed by atoms with Crippen LogP contribution in [0.15, 0.2) is 42.6 Å². The van der Waals surface area contributed by atoms with Crippen molar-refractivity contribution in [2.75, 3.05) is 51.3 Å². The molecule has 1 N–H and O–H groups in total. The Hall–Kier alpha value is -3.60. The van der Waals surface area contributed by atoms with Gasteiger partial charge in [0, 0.05) is 61.6 Å². The number of rotatable bonds is 8. The van der Waals surface area contributed by atoms with Crippen molar-refractivity contribution in [1.82, 2.24) is 19.7 Å². The maximum Gasteiger partial charge on any atom is 0.265 e. The van der Waals surface area contributed by atoms with E-state index in [1.807, 2.05) is 58.2 Å². The molecule has 0 radical (unpaired) electrons. The molecule has 0 bridgehead atoms. The van der Waals surface area contributed by atoms with Crippen LogP contribution in [-0.2, 0) is 32.7 Å². The van der Waals surface area contributed by atoms with Gasteiger partial charge in [0.1, 0.15) is 5.54 Å². The average molecular weight is 646 g/mol. The SMILES string of the molecule is CCN1CCN(C(=O)c2sc(C(C)(C)C)cc2CC(=O)Nc2ccc(C)c(-c3ccc(CN4CCOCC4)nc3)c2)C(C)(C)C1=O. The van der Waals surface area contributed by atoms with Gasteiger partial charge in [0.15, 0.2) is 0 Å². The first kappa shape index (κ1) is 33.8. The number of piperazine rings is 1. The number of ether oxygens (including phenoxy) is 1. The van der Waals surface area contributed by atoms with Crippen LogP contribution < -0.4 is 5.32 Å². The minimum absolute atomic E-state index is 0.0535. The summed E-state index contributed by atoms with van der Waals surface area (Å²) in [6.07, 6.45) is 1.95. The van der Waals surface area contributed by atoms with Gasteiger partial charge in [0.05, 0.1) is 30.2 Å². The molecule has 1 aromatic carbocycles. The molecule has 2 fully saturated rings. The van der Waals surface area contributed by atoms with Gasteiger partial charge in [0.2, 0.25) is 11.8 Å². The van der Waals surface area contributed by atoms with E-state index in [1.165, 1.54) is 11.3 Å². The summed E-state index contributed by atoms with van der Waals surface area (Å²) < 4.78 is 5.45. The number of hydrogen-bond donors (Lipinski definition) is 1. The van der Waals surface area contributed by atoms with Crippen LogP contribution in [0.3, 0.4) is 0 Å². The fourth-order valence-corrected chi connectivity index (χ4v) is 7.24. The summed E-state index contributed by atoms with van der Waals surface area (Å²) >= 11 is 1.43. The molecule has 246 valence electrons. The molecule has 0 aliphatic carbocycles. The van der Waals surface area contributed by atoms with Crippen molar-refractivity contribution < 1.29 is 19.1 Å². The van der Waals surface area contributed by atoms with E-state index in [-0.39, 0.29) is 29.6 Å². The van der Waals surface area contributed by atoms with Crippen molar-refractivity contribution in [3.05, 3.63) is 69.2 Å². The second-order valence-corrected chi connectivity index (χ2v) is 14.8. The Bertz CT molecular complexity index is 1580. The predicted octanol–water partition coefficient (Wildman–Crippen LogP) is 5.51. The number of hydrogen-bond acceptors (Lipinski definition) is 7. The highest BCUT2D eigenvalue weighted by Crippen LogP contribution is 2.36. The van der Waals surface area contributed by atoms with Crippen molar-refractivity contribution in [1.29, 1.82) is 0 Å². The zero-order valence-corrected chi connectivity index (χ0v) is 29.1. The molecular weight excluding hydrogens is 598 g/mol. The third kappa shape index (κ3) is 7.35. The van der Waals surface area contributed by atoms with Crippen LogP contribution >= 0.6 is 11.3 Å². The van der Waals surface area contributed by atoms with E-state index in [2.05, 4.69) is 43.1 Å². The number of aryl methyl sites for hydroxylation is 1. The molecule has 0 saturated carbocycles. The number of anilines is 1. The number of likely N-dealkylation sites (N-methyl/N-ethyl adjacent to an activating group) is 1. The summed E-state index contributed by atoms with van der Waals surface area (Å²) in [6, 6.07) is 12.0. The van der Waals surface area contributed by atoms with Crippen LogP contribution in [0.25, 0.3) is 11.1 Å².